The minimum absolute atomic E-state index is 0.101. The van der Waals surface area contributed by atoms with Gasteiger partial charge in [-0.3, -0.25) is 4.79 Å². The highest BCUT2D eigenvalue weighted by molar-refractivity contribution is 7.98. The van der Waals surface area contributed by atoms with Crippen LogP contribution in [0.4, 0.5) is 14.5 Å². The van der Waals surface area contributed by atoms with Crippen LogP contribution >= 0.6 is 0 Å². The van der Waals surface area contributed by atoms with Gasteiger partial charge in [-0.15, -0.1) is 8.78 Å². The van der Waals surface area contributed by atoms with Crippen LogP contribution < -0.4 is 14.4 Å². The van der Waals surface area contributed by atoms with Crippen LogP contribution in [0.2, 0.25) is 0 Å². The summed E-state index contributed by atoms with van der Waals surface area (Å²) in [6.07, 6.45) is -0.781. The number of alkyl halides is 2. The van der Waals surface area contributed by atoms with E-state index in [2.05, 4.69) is 15.3 Å². The number of nitrogens with zero attached hydrogens (tertiary/aromatic N) is 2. The summed E-state index contributed by atoms with van der Waals surface area (Å²) < 4.78 is 50.9. The van der Waals surface area contributed by atoms with Gasteiger partial charge in [0.1, 0.15) is 0 Å². The van der Waals surface area contributed by atoms with Crippen LogP contribution in [0, 0.1) is 0 Å². The number of rotatable bonds is 4. The molecule has 1 amide bonds. The van der Waals surface area contributed by atoms with Gasteiger partial charge >= 0.3 is 6.29 Å². The Morgan fingerprint density at radius 1 is 1.10 bits per heavy atom. The van der Waals surface area contributed by atoms with Crippen LogP contribution in [0.5, 0.6) is 11.5 Å². The summed E-state index contributed by atoms with van der Waals surface area (Å²) in [6.45, 7) is 1.33. The van der Waals surface area contributed by atoms with Crippen LogP contribution in [0.15, 0.2) is 47.4 Å². The molecule has 2 heterocycles. The van der Waals surface area contributed by atoms with Crippen molar-refractivity contribution < 1.29 is 27.3 Å². The lowest BCUT2D eigenvalue weighted by Gasteiger charge is -2.31. The topological polar surface area (TPSA) is 59.1 Å². The average molecular weight is 436 g/mol. The van der Waals surface area contributed by atoms with Gasteiger partial charge in [-0.25, -0.2) is 8.51 Å². The fourth-order valence-corrected chi connectivity index (χ4v) is 5.58. The van der Waals surface area contributed by atoms with Crippen molar-refractivity contribution in [3.05, 3.63) is 48.0 Å². The lowest BCUT2D eigenvalue weighted by molar-refractivity contribution is -0.286. The number of hydrogen-bond acceptors (Lipinski definition) is 4. The quantitative estimate of drug-likeness (QED) is 0.685. The van der Waals surface area contributed by atoms with Crippen molar-refractivity contribution in [1.29, 1.82) is 0 Å². The Balaban J connectivity index is 1.65. The maximum Gasteiger partial charge on any atom is 0.586 e. The fraction of sp³-hybridized carbons (Fsp3) is 0.333. The largest absolute Gasteiger partial charge is 0.586 e. The summed E-state index contributed by atoms with van der Waals surface area (Å²) >= 11 is 0. The first-order chi connectivity index (χ1) is 14.2. The number of carbonyl (C=O) groups is 1. The first kappa shape index (κ1) is 20.6. The molecule has 2 aliphatic rings. The minimum atomic E-state index is -3.73. The molecular weight excluding hydrogens is 414 g/mol. The molecule has 2 aliphatic heterocycles. The van der Waals surface area contributed by atoms with Crippen molar-refractivity contribution in [1.82, 2.24) is 4.31 Å². The fourth-order valence-electron chi connectivity index (χ4n) is 3.66. The van der Waals surface area contributed by atoms with E-state index >= 15 is 0 Å². The molecule has 160 valence electrons. The number of amides is 1. The average Bonchev–Trinajstić information content (AvgIpc) is 3.06. The second kappa shape index (κ2) is 7.55. The Labute approximate surface area is 174 Å². The Hall–Kier alpha value is -2.65. The molecule has 30 heavy (non-hydrogen) atoms. The number of benzene rings is 2. The van der Waals surface area contributed by atoms with Gasteiger partial charge in [0.05, 0.1) is 20.2 Å². The molecular formula is C21H22F2N2O4S. The van der Waals surface area contributed by atoms with E-state index in [1.807, 2.05) is 4.31 Å². The second-order valence-corrected chi connectivity index (χ2v) is 9.53. The van der Waals surface area contributed by atoms with E-state index in [0.717, 1.165) is 19.3 Å². The van der Waals surface area contributed by atoms with Gasteiger partial charge in [-0.05, 0) is 43.0 Å². The first-order valence-electron chi connectivity index (χ1n) is 9.58. The molecule has 2 aromatic carbocycles. The zero-order valence-corrected chi connectivity index (χ0v) is 17.3. The van der Waals surface area contributed by atoms with Crippen LogP contribution in [-0.4, -0.2) is 46.7 Å². The monoisotopic (exact) mass is 436 g/mol. The number of halogens is 2. The molecule has 0 spiro atoms. The highest BCUT2D eigenvalue weighted by Crippen LogP contribution is 2.43. The summed E-state index contributed by atoms with van der Waals surface area (Å²) in [7, 11) is -1.32. The second-order valence-electron chi connectivity index (χ2n) is 7.29. The Morgan fingerprint density at radius 3 is 2.50 bits per heavy atom. The molecule has 0 saturated carbocycles. The smallest absolute Gasteiger partial charge is 0.395 e. The van der Waals surface area contributed by atoms with Crippen molar-refractivity contribution in [3.63, 3.8) is 0 Å². The van der Waals surface area contributed by atoms with Gasteiger partial charge in [-0.1, -0.05) is 18.6 Å². The van der Waals surface area contributed by atoms with E-state index in [1.54, 1.807) is 24.3 Å². The normalized spacial score (nSPS) is 19.8. The molecule has 1 fully saturated rings. The van der Waals surface area contributed by atoms with E-state index in [-0.39, 0.29) is 17.1 Å². The molecule has 1 atom stereocenters. The number of anilines is 1. The van der Waals surface area contributed by atoms with Crippen LogP contribution in [-0.2, 0) is 9.71 Å². The molecule has 0 N–H and O–H groups in total. The highest BCUT2D eigenvalue weighted by Gasteiger charge is 2.43. The van der Waals surface area contributed by atoms with Crippen LogP contribution in [0.3, 0.4) is 0 Å². The first-order valence-corrected chi connectivity index (χ1v) is 11.3. The standard InChI is InChI=1S/C21H22F2N2O4S/c1-24(15-10-11-17-18(14-15)29-21(22,23)28-17)20(26)16-8-4-5-9-19(16)30(2,27)25-12-6-3-7-13-25/h4-5,8-11,14H,2-3,6-7,12-13H2,1H3. The Morgan fingerprint density at radius 2 is 1.77 bits per heavy atom. The summed E-state index contributed by atoms with van der Waals surface area (Å²) in [5.41, 5.74) is 0.594. The predicted octanol–water partition coefficient (Wildman–Crippen LogP) is 3.76. The van der Waals surface area contributed by atoms with Crippen LogP contribution in [0.25, 0.3) is 0 Å². The molecule has 0 aliphatic carbocycles. The predicted molar refractivity (Wildman–Crippen MR) is 111 cm³/mol. The summed E-state index contributed by atoms with van der Waals surface area (Å²) in [5, 5.41) is 0. The van der Waals surface area contributed by atoms with E-state index in [1.165, 1.54) is 30.1 Å². The summed E-state index contributed by atoms with van der Waals surface area (Å²) in [4.78, 5) is 14.9. The van der Waals surface area contributed by atoms with Gasteiger partial charge in [-0.2, -0.15) is 0 Å². The third-order valence-corrected chi connectivity index (χ3v) is 7.51. The van der Waals surface area contributed by atoms with Crippen molar-refractivity contribution in [2.24, 2.45) is 0 Å². The van der Waals surface area contributed by atoms with Gasteiger partial charge < -0.3 is 14.4 Å². The third-order valence-electron chi connectivity index (χ3n) is 5.27. The van der Waals surface area contributed by atoms with E-state index < -0.39 is 21.9 Å². The molecule has 2 aromatic rings. The number of fused-ring (bicyclic) bond motifs is 1. The van der Waals surface area contributed by atoms with Gasteiger partial charge in [0, 0.05) is 31.9 Å². The summed E-state index contributed by atoms with van der Waals surface area (Å²) in [5.74, 6) is 3.28. The van der Waals surface area contributed by atoms with Gasteiger partial charge in [0.15, 0.2) is 11.5 Å². The zero-order chi connectivity index (χ0) is 21.5. The molecule has 1 unspecified atom stereocenters. The highest BCUT2D eigenvalue weighted by atomic mass is 32.2. The maximum atomic E-state index is 13.6. The molecule has 0 bridgehead atoms. The SMILES string of the molecule is C=S(=O)(c1ccccc1C(=O)N(C)c1ccc2c(c1)OC(F)(F)O2)N1CCCCC1. The summed E-state index contributed by atoms with van der Waals surface area (Å²) in [6, 6.07) is 10.8. The third kappa shape index (κ3) is 3.75. The number of hydrogen-bond donors (Lipinski definition) is 0. The van der Waals surface area contributed by atoms with E-state index in [4.69, 9.17) is 0 Å². The van der Waals surface area contributed by atoms with Gasteiger partial charge in [0.2, 0.25) is 0 Å². The molecule has 4 rings (SSSR count). The van der Waals surface area contributed by atoms with Crippen molar-refractivity contribution in [2.75, 3.05) is 25.0 Å². The maximum absolute atomic E-state index is 13.6. The molecule has 0 aromatic heterocycles. The van der Waals surface area contributed by atoms with E-state index in [0.29, 0.717) is 23.7 Å². The van der Waals surface area contributed by atoms with E-state index in [9.17, 15) is 17.8 Å². The Kier molecular flexibility index (Phi) is 5.19. The lowest BCUT2D eigenvalue weighted by atomic mass is 10.2. The van der Waals surface area contributed by atoms with Crippen molar-refractivity contribution in [3.8, 4) is 11.5 Å². The molecule has 6 nitrogen and oxygen atoms in total. The lowest BCUT2D eigenvalue weighted by Crippen LogP contribution is -2.37. The van der Waals surface area contributed by atoms with Crippen molar-refractivity contribution >= 4 is 27.2 Å². The van der Waals surface area contributed by atoms with Crippen molar-refractivity contribution in [2.45, 2.75) is 30.5 Å². The Bertz CT molecular complexity index is 1080. The number of ether oxygens (including phenoxy) is 2. The van der Waals surface area contributed by atoms with Gasteiger partial charge in [0.25, 0.3) is 5.91 Å². The number of piperidine rings is 1. The minimum Gasteiger partial charge on any atom is -0.395 e. The molecule has 1 saturated heterocycles. The number of carbonyl (C=O) groups excluding carboxylic acids is 1. The molecule has 9 heteroatoms. The molecule has 0 radical (unpaired) electrons. The zero-order valence-electron chi connectivity index (χ0n) is 16.5. The van der Waals surface area contributed by atoms with Crippen LogP contribution in [0.1, 0.15) is 29.6 Å².